The maximum Gasteiger partial charge on any atom is 0.294 e. The number of anilines is 1. The van der Waals surface area contributed by atoms with Crippen LogP contribution in [0, 0.1) is 10.1 Å². The van der Waals surface area contributed by atoms with Crippen LogP contribution in [-0.2, 0) is 11.2 Å². The maximum absolute atomic E-state index is 12.6. The van der Waals surface area contributed by atoms with Crippen LogP contribution in [-0.4, -0.2) is 46.9 Å². The van der Waals surface area contributed by atoms with Crippen LogP contribution in [0.2, 0.25) is 5.02 Å². The summed E-state index contributed by atoms with van der Waals surface area (Å²) >= 11 is 7.33. The fourth-order valence-corrected chi connectivity index (χ4v) is 4.23. The molecule has 10 heteroatoms. The van der Waals surface area contributed by atoms with Gasteiger partial charge in [0.05, 0.1) is 23.3 Å². The Labute approximate surface area is 175 Å². The smallest absolute Gasteiger partial charge is 0.294 e. The second-order valence-corrected chi connectivity index (χ2v) is 7.85. The lowest BCUT2D eigenvalue weighted by molar-refractivity contribution is -0.384. The lowest BCUT2D eigenvalue weighted by atomic mass is 10.2. The van der Waals surface area contributed by atoms with Gasteiger partial charge in [-0.05, 0) is 24.3 Å². The number of amides is 1. The van der Waals surface area contributed by atoms with Crippen LogP contribution < -0.4 is 4.90 Å². The summed E-state index contributed by atoms with van der Waals surface area (Å²) in [5.41, 5.74) is 1.21. The largest absolute Gasteiger partial charge is 0.462 e. The van der Waals surface area contributed by atoms with Crippen molar-refractivity contribution in [3.05, 3.63) is 62.8 Å². The van der Waals surface area contributed by atoms with Gasteiger partial charge in [0.15, 0.2) is 10.8 Å². The van der Waals surface area contributed by atoms with Crippen LogP contribution in [0.25, 0.3) is 10.8 Å². The quantitative estimate of drug-likeness (QED) is 0.449. The van der Waals surface area contributed by atoms with E-state index in [9.17, 15) is 14.9 Å². The van der Waals surface area contributed by atoms with Crippen LogP contribution in [0.1, 0.15) is 5.69 Å². The zero-order valence-corrected chi connectivity index (χ0v) is 16.9. The monoisotopic (exact) mass is 432 g/mol. The lowest BCUT2D eigenvalue weighted by Gasteiger charge is -2.35. The van der Waals surface area contributed by atoms with E-state index in [1.54, 1.807) is 29.4 Å². The van der Waals surface area contributed by atoms with Gasteiger partial charge in [-0.25, -0.2) is 4.98 Å². The maximum atomic E-state index is 12.6. The fourth-order valence-electron chi connectivity index (χ4n) is 3.28. The minimum Gasteiger partial charge on any atom is -0.462 e. The van der Waals surface area contributed by atoms with Gasteiger partial charge < -0.3 is 14.2 Å². The molecular formula is C19H17ClN4O4S. The molecule has 1 fully saturated rings. The van der Waals surface area contributed by atoms with Crippen molar-refractivity contribution >= 4 is 40.2 Å². The Balaban J connectivity index is 1.37. The van der Waals surface area contributed by atoms with Crippen molar-refractivity contribution in [2.75, 3.05) is 31.1 Å². The molecule has 4 rings (SSSR count). The number of thiazole rings is 1. The average Bonchev–Trinajstić information content (AvgIpc) is 3.40. The average molecular weight is 433 g/mol. The van der Waals surface area contributed by atoms with Crippen molar-refractivity contribution in [2.45, 2.75) is 6.42 Å². The van der Waals surface area contributed by atoms with Crippen LogP contribution in [0.5, 0.6) is 0 Å². The molecule has 3 aromatic rings. The topological polar surface area (TPSA) is 92.7 Å². The molecule has 0 aliphatic carbocycles. The number of nitro groups is 1. The number of carbonyl (C=O) groups is 1. The van der Waals surface area contributed by atoms with E-state index in [1.165, 1.54) is 17.4 Å². The molecular weight excluding hydrogens is 416 g/mol. The minimum absolute atomic E-state index is 0.00782. The molecule has 0 radical (unpaired) electrons. The third-order valence-corrected chi connectivity index (χ3v) is 5.86. The van der Waals surface area contributed by atoms with Crippen molar-refractivity contribution in [3.63, 3.8) is 0 Å². The van der Waals surface area contributed by atoms with Crippen molar-refractivity contribution in [3.8, 4) is 10.8 Å². The molecule has 0 spiro atoms. The van der Waals surface area contributed by atoms with Gasteiger partial charge in [-0.15, -0.1) is 11.3 Å². The Bertz CT molecular complexity index is 1030. The standard InChI is InChI=1S/C19H17ClN4O4S/c20-13-3-4-15(16(10-13)24(26)27)22-5-7-23(8-6-22)18(25)11-14-12-29-19(21-14)17-2-1-9-28-17/h1-4,9-10,12H,5-8,11H2. The highest BCUT2D eigenvalue weighted by atomic mass is 35.5. The zero-order valence-electron chi connectivity index (χ0n) is 15.3. The molecule has 1 aromatic carbocycles. The number of nitrogens with zero attached hydrogens (tertiary/aromatic N) is 4. The van der Waals surface area contributed by atoms with Crippen LogP contribution in [0.3, 0.4) is 0 Å². The summed E-state index contributed by atoms with van der Waals surface area (Å²) in [6.07, 6.45) is 1.81. The number of furan rings is 1. The van der Waals surface area contributed by atoms with Gasteiger partial charge >= 0.3 is 0 Å². The van der Waals surface area contributed by atoms with Gasteiger partial charge in [0.1, 0.15) is 5.69 Å². The SMILES string of the molecule is O=C(Cc1csc(-c2ccco2)n1)N1CCN(c2ccc(Cl)cc2[N+](=O)[O-])CC1. The first kappa shape index (κ1) is 19.4. The highest BCUT2D eigenvalue weighted by Crippen LogP contribution is 2.31. The highest BCUT2D eigenvalue weighted by molar-refractivity contribution is 7.13. The van der Waals surface area contributed by atoms with Crippen molar-refractivity contribution in [1.29, 1.82) is 0 Å². The Morgan fingerprint density at radius 2 is 2.07 bits per heavy atom. The molecule has 1 aliphatic rings. The van der Waals surface area contributed by atoms with Crippen molar-refractivity contribution < 1.29 is 14.1 Å². The Morgan fingerprint density at radius 1 is 1.28 bits per heavy atom. The Hall–Kier alpha value is -2.91. The number of carbonyl (C=O) groups excluding carboxylic acids is 1. The summed E-state index contributed by atoms with van der Waals surface area (Å²) in [7, 11) is 0. The molecule has 0 atom stereocenters. The van der Waals surface area contributed by atoms with Gasteiger partial charge in [0.25, 0.3) is 5.69 Å². The van der Waals surface area contributed by atoms with Crippen molar-refractivity contribution in [1.82, 2.24) is 9.88 Å². The van der Waals surface area contributed by atoms with E-state index in [2.05, 4.69) is 4.98 Å². The number of hydrogen-bond donors (Lipinski definition) is 0. The van der Waals surface area contributed by atoms with E-state index in [0.717, 1.165) is 5.01 Å². The number of hydrogen-bond acceptors (Lipinski definition) is 7. The van der Waals surface area contributed by atoms with Gasteiger partial charge in [-0.1, -0.05) is 11.6 Å². The zero-order chi connectivity index (χ0) is 20.4. The third kappa shape index (κ3) is 4.25. The first-order valence-corrected chi connectivity index (χ1v) is 10.2. The third-order valence-electron chi connectivity index (χ3n) is 4.72. The minimum atomic E-state index is -0.433. The number of rotatable bonds is 5. The van der Waals surface area contributed by atoms with Crippen LogP contribution >= 0.6 is 22.9 Å². The van der Waals surface area contributed by atoms with E-state index < -0.39 is 4.92 Å². The number of benzene rings is 1. The lowest BCUT2D eigenvalue weighted by Crippen LogP contribution is -2.49. The predicted molar refractivity (Wildman–Crippen MR) is 110 cm³/mol. The first-order chi connectivity index (χ1) is 14.0. The number of halogens is 1. The van der Waals surface area contributed by atoms with Crippen molar-refractivity contribution in [2.24, 2.45) is 0 Å². The van der Waals surface area contributed by atoms with Gasteiger partial charge in [-0.2, -0.15) is 0 Å². The summed E-state index contributed by atoms with van der Waals surface area (Å²) in [5, 5.41) is 14.3. The van der Waals surface area contributed by atoms with Crippen LogP contribution in [0.15, 0.2) is 46.4 Å². The Kier molecular flexibility index (Phi) is 5.50. The summed E-state index contributed by atoms with van der Waals surface area (Å²) in [5.74, 6) is 0.679. The van der Waals surface area contributed by atoms with Gasteiger partial charge in [-0.3, -0.25) is 14.9 Å². The summed E-state index contributed by atoms with van der Waals surface area (Å²) < 4.78 is 5.33. The highest BCUT2D eigenvalue weighted by Gasteiger charge is 2.26. The summed E-state index contributed by atoms with van der Waals surface area (Å²) in [4.78, 5) is 31.7. The molecule has 1 saturated heterocycles. The van der Waals surface area contributed by atoms with E-state index >= 15 is 0 Å². The molecule has 1 amide bonds. The molecule has 3 heterocycles. The molecule has 29 heavy (non-hydrogen) atoms. The molecule has 0 N–H and O–H groups in total. The number of aromatic nitrogens is 1. The molecule has 8 nitrogen and oxygen atoms in total. The number of nitro benzene ring substituents is 1. The first-order valence-electron chi connectivity index (χ1n) is 8.96. The molecule has 0 bridgehead atoms. The Morgan fingerprint density at radius 3 is 2.76 bits per heavy atom. The van der Waals surface area contributed by atoms with E-state index in [1.807, 2.05) is 16.3 Å². The predicted octanol–water partition coefficient (Wildman–Crippen LogP) is 3.86. The summed E-state index contributed by atoms with van der Waals surface area (Å²) in [6, 6.07) is 8.28. The van der Waals surface area contributed by atoms with Gasteiger partial charge in [0.2, 0.25) is 5.91 Å². The second-order valence-electron chi connectivity index (χ2n) is 6.56. The molecule has 150 valence electrons. The molecule has 0 unspecified atom stereocenters. The van der Waals surface area contributed by atoms with E-state index in [-0.39, 0.29) is 18.0 Å². The normalized spacial score (nSPS) is 14.2. The van der Waals surface area contributed by atoms with Crippen LogP contribution in [0.4, 0.5) is 11.4 Å². The molecule has 1 aliphatic heterocycles. The fraction of sp³-hybridized carbons (Fsp3) is 0.263. The van der Waals surface area contributed by atoms with Gasteiger partial charge in [0, 0.05) is 42.6 Å². The summed E-state index contributed by atoms with van der Waals surface area (Å²) in [6.45, 7) is 2.02. The van der Waals surface area contributed by atoms with E-state index in [4.69, 9.17) is 16.0 Å². The van der Waals surface area contributed by atoms with E-state index in [0.29, 0.717) is 48.3 Å². The number of piperazine rings is 1. The second kappa shape index (κ2) is 8.22. The molecule has 0 saturated carbocycles. The molecule has 2 aromatic heterocycles.